The summed E-state index contributed by atoms with van der Waals surface area (Å²) in [6.07, 6.45) is 0.852. The van der Waals surface area contributed by atoms with Crippen molar-refractivity contribution in [2.75, 3.05) is 6.61 Å². The molecule has 3 aromatic carbocycles. The van der Waals surface area contributed by atoms with Crippen LogP contribution in [0.1, 0.15) is 62.4 Å². The van der Waals surface area contributed by atoms with Gasteiger partial charge in [-0.25, -0.2) is 0 Å². The van der Waals surface area contributed by atoms with Gasteiger partial charge in [0.25, 0.3) is 0 Å². The van der Waals surface area contributed by atoms with Crippen molar-refractivity contribution in [1.82, 2.24) is 10.2 Å². The number of nitrogens with one attached hydrogen (secondary N) is 1. The van der Waals surface area contributed by atoms with Crippen molar-refractivity contribution in [3.63, 3.8) is 0 Å². The van der Waals surface area contributed by atoms with Gasteiger partial charge < -0.3 is 9.84 Å². The maximum atomic E-state index is 13.7. The van der Waals surface area contributed by atoms with Gasteiger partial charge in [-0.05, 0) is 41.8 Å². The van der Waals surface area contributed by atoms with Crippen LogP contribution in [0.4, 0.5) is 0 Å². The Hall–Kier alpha value is -4.63. The molecule has 202 valence electrons. The highest BCUT2D eigenvalue weighted by atomic mass is 16.5. The molecule has 4 atom stereocenters. The Morgan fingerprint density at radius 2 is 1.48 bits per heavy atom. The minimum atomic E-state index is -1.23. The SMILES string of the molecule is CCCOc1ccc(C2NC(C(=O)O)C3C(=O)N(Cc4ccc5c(c4)C(=O)c4ccccc4C5=O)C(=O)C23)cc1. The number of hydrogen-bond acceptors (Lipinski definition) is 7. The van der Waals surface area contributed by atoms with Gasteiger partial charge in [0.05, 0.1) is 25.0 Å². The smallest absolute Gasteiger partial charge is 0.321 e. The van der Waals surface area contributed by atoms with E-state index in [1.807, 2.05) is 6.92 Å². The van der Waals surface area contributed by atoms with E-state index in [0.29, 0.717) is 34.6 Å². The first-order valence-corrected chi connectivity index (χ1v) is 13.2. The molecule has 9 heteroatoms. The number of carbonyl (C=O) groups is 5. The van der Waals surface area contributed by atoms with Crippen LogP contribution in [-0.4, -0.2) is 52.0 Å². The first-order valence-electron chi connectivity index (χ1n) is 13.2. The highest BCUT2D eigenvalue weighted by molar-refractivity contribution is 6.28. The Labute approximate surface area is 229 Å². The number of fused-ring (bicyclic) bond motifs is 3. The molecule has 2 fully saturated rings. The molecule has 3 aliphatic rings. The second-order valence-electron chi connectivity index (χ2n) is 10.3. The Bertz CT molecular complexity index is 1580. The highest BCUT2D eigenvalue weighted by Gasteiger charge is 2.60. The van der Waals surface area contributed by atoms with Crippen LogP contribution in [0, 0.1) is 11.8 Å². The van der Waals surface area contributed by atoms with E-state index >= 15 is 0 Å². The van der Waals surface area contributed by atoms with Crippen LogP contribution in [0.5, 0.6) is 5.75 Å². The lowest BCUT2D eigenvalue weighted by Crippen LogP contribution is -2.42. The molecule has 3 aromatic rings. The molecule has 0 spiro atoms. The third-order valence-electron chi connectivity index (χ3n) is 7.87. The van der Waals surface area contributed by atoms with Gasteiger partial charge in [0, 0.05) is 28.3 Å². The number of imide groups is 1. The van der Waals surface area contributed by atoms with Crippen molar-refractivity contribution in [3.05, 3.63) is 100 Å². The summed E-state index contributed by atoms with van der Waals surface area (Å²) in [5.41, 5.74) is 2.31. The van der Waals surface area contributed by atoms with E-state index in [1.165, 1.54) is 0 Å². The summed E-state index contributed by atoms with van der Waals surface area (Å²) in [6.45, 7) is 2.42. The number of hydrogen-bond donors (Lipinski definition) is 2. The van der Waals surface area contributed by atoms with Crippen LogP contribution in [0.2, 0.25) is 0 Å². The summed E-state index contributed by atoms with van der Waals surface area (Å²) in [5.74, 6) is -4.14. The van der Waals surface area contributed by atoms with Gasteiger partial charge in [-0.2, -0.15) is 0 Å². The first-order chi connectivity index (χ1) is 19.3. The van der Waals surface area contributed by atoms with E-state index in [1.54, 1.807) is 66.7 Å². The van der Waals surface area contributed by atoms with Gasteiger partial charge in [-0.1, -0.05) is 49.4 Å². The van der Waals surface area contributed by atoms with Gasteiger partial charge in [0.15, 0.2) is 11.6 Å². The summed E-state index contributed by atoms with van der Waals surface area (Å²) in [7, 11) is 0. The van der Waals surface area contributed by atoms with E-state index in [4.69, 9.17) is 4.74 Å². The maximum absolute atomic E-state index is 13.7. The third kappa shape index (κ3) is 4.01. The zero-order valence-electron chi connectivity index (χ0n) is 21.6. The maximum Gasteiger partial charge on any atom is 0.321 e. The molecule has 0 bridgehead atoms. The van der Waals surface area contributed by atoms with Crippen molar-refractivity contribution in [2.24, 2.45) is 11.8 Å². The number of amides is 2. The molecule has 9 nitrogen and oxygen atoms in total. The van der Waals surface area contributed by atoms with E-state index in [9.17, 15) is 29.1 Å². The minimum absolute atomic E-state index is 0.135. The predicted molar refractivity (Wildman–Crippen MR) is 142 cm³/mol. The summed E-state index contributed by atoms with van der Waals surface area (Å²) < 4.78 is 5.62. The Balaban J connectivity index is 1.28. The zero-order chi connectivity index (χ0) is 28.1. The quantitative estimate of drug-likeness (QED) is 0.343. The van der Waals surface area contributed by atoms with Crippen LogP contribution in [-0.2, 0) is 20.9 Å². The third-order valence-corrected chi connectivity index (χ3v) is 7.87. The average molecular weight is 539 g/mol. The van der Waals surface area contributed by atoms with E-state index in [-0.39, 0.29) is 29.2 Å². The lowest BCUT2D eigenvalue weighted by Gasteiger charge is -2.23. The highest BCUT2D eigenvalue weighted by Crippen LogP contribution is 2.44. The number of nitrogens with zero attached hydrogens (tertiary/aromatic N) is 1. The van der Waals surface area contributed by atoms with Crippen molar-refractivity contribution in [3.8, 4) is 5.75 Å². The fourth-order valence-electron chi connectivity index (χ4n) is 5.98. The molecule has 1 aliphatic carbocycles. The standard InChI is InChI=1S/C31H26N2O7/c1-2-13-40-18-10-8-17(9-11-18)25-23-24(26(32-25)31(38)39)30(37)33(29(23)36)15-16-7-12-21-22(14-16)28(35)20-6-4-3-5-19(20)27(21)34/h3-12,14,23-26,32H,2,13,15H2,1H3,(H,38,39). The average Bonchev–Trinajstić information content (AvgIpc) is 3.48. The summed E-state index contributed by atoms with van der Waals surface area (Å²) >= 11 is 0. The second-order valence-corrected chi connectivity index (χ2v) is 10.3. The summed E-state index contributed by atoms with van der Waals surface area (Å²) in [5, 5.41) is 12.9. The van der Waals surface area contributed by atoms with E-state index in [0.717, 1.165) is 11.3 Å². The lowest BCUT2D eigenvalue weighted by molar-refractivity contribution is -0.146. The number of carboxylic acid groups (broad SMARTS) is 1. The van der Waals surface area contributed by atoms with Crippen molar-refractivity contribution < 1.29 is 33.8 Å². The molecular formula is C31H26N2O7. The van der Waals surface area contributed by atoms with Crippen molar-refractivity contribution in [1.29, 1.82) is 0 Å². The first kappa shape index (κ1) is 25.6. The number of likely N-dealkylation sites (tertiary alicyclic amines) is 1. The number of aliphatic carboxylic acids is 1. The topological polar surface area (TPSA) is 130 Å². The largest absolute Gasteiger partial charge is 0.494 e. The van der Waals surface area contributed by atoms with Gasteiger partial charge >= 0.3 is 5.97 Å². The molecule has 2 aliphatic heterocycles. The molecule has 6 rings (SSSR count). The Morgan fingerprint density at radius 1 is 0.850 bits per heavy atom. The van der Waals surface area contributed by atoms with Gasteiger partial charge in [-0.3, -0.25) is 34.2 Å². The number of ketones is 2. The normalized spacial score (nSPS) is 23.2. The Morgan fingerprint density at radius 3 is 2.12 bits per heavy atom. The Kier molecular flexibility index (Phi) is 6.31. The number of rotatable bonds is 7. The number of carbonyl (C=O) groups excluding carboxylic acids is 4. The predicted octanol–water partition coefficient (Wildman–Crippen LogP) is 3.15. The summed E-state index contributed by atoms with van der Waals surface area (Å²) in [6, 6.07) is 16.5. The molecular weight excluding hydrogens is 512 g/mol. The molecule has 0 aromatic heterocycles. The molecule has 2 saturated heterocycles. The van der Waals surface area contributed by atoms with Crippen LogP contribution < -0.4 is 10.1 Å². The van der Waals surface area contributed by atoms with Gasteiger partial charge in [0.2, 0.25) is 11.8 Å². The molecule has 0 radical (unpaired) electrons. The van der Waals surface area contributed by atoms with Crippen LogP contribution >= 0.6 is 0 Å². The minimum Gasteiger partial charge on any atom is -0.494 e. The van der Waals surface area contributed by atoms with E-state index < -0.39 is 41.7 Å². The second kappa shape index (κ2) is 9.84. The molecule has 2 N–H and O–H groups in total. The van der Waals surface area contributed by atoms with Crippen LogP contribution in [0.3, 0.4) is 0 Å². The van der Waals surface area contributed by atoms with Gasteiger partial charge in [0.1, 0.15) is 11.8 Å². The van der Waals surface area contributed by atoms with Gasteiger partial charge in [-0.15, -0.1) is 0 Å². The molecule has 2 amide bonds. The monoisotopic (exact) mass is 538 g/mol. The number of benzene rings is 3. The molecule has 2 heterocycles. The van der Waals surface area contributed by atoms with E-state index in [2.05, 4.69) is 5.32 Å². The zero-order valence-corrected chi connectivity index (χ0v) is 21.6. The number of carboxylic acids is 1. The molecule has 40 heavy (non-hydrogen) atoms. The van der Waals surface area contributed by atoms with Crippen molar-refractivity contribution in [2.45, 2.75) is 32.0 Å². The van der Waals surface area contributed by atoms with Crippen molar-refractivity contribution >= 4 is 29.4 Å². The van der Waals surface area contributed by atoms with Crippen LogP contribution in [0.25, 0.3) is 0 Å². The number of ether oxygens (including phenoxy) is 1. The lowest BCUT2D eigenvalue weighted by atomic mass is 9.83. The fourth-order valence-corrected chi connectivity index (χ4v) is 5.98. The fraction of sp³-hybridized carbons (Fsp3) is 0.258. The summed E-state index contributed by atoms with van der Waals surface area (Å²) in [4.78, 5) is 66.4. The molecule has 4 unspecified atom stereocenters. The van der Waals surface area contributed by atoms with Crippen LogP contribution in [0.15, 0.2) is 66.7 Å². The molecule has 0 saturated carbocycles.